The second kappa shape index (κ2) is 6.64. The topological polar surface area (TPSA) is 72.2 Å². The summed E-state index contributed by atoms with van der Waals surface area (Å²) in [4.78, 5) is 24.2. The quantitative estimate of drug-likeness (QED) is 0.544. The van der Waals surface area contributed by atoms with Gasteiger partial charge in [-0.2, -0.15) is 0 Å². The Morgan fingerprint density at radius 3 is 2.58 bits per heavy atom. The van der Waals surface area contributed by atoms with Gasteiger partial charge in [-0.05, 0) is 30.5 Å². The molecule has 0 aliphatic carbocycles. The smallest absolute Gasteiger partial charge is 0.273 e. The van der Waals surface area contributed by atoms with Crippen LogP contribution in [0.3, 0.4) is 0 Å². The van der Waals surface area contributed by atoms with Crippen LogP contribution in [0.5, 0.6) is 0 Å². The third-order valence-electron chi connectivity index (χ3n) is 3.71. The molecule has 3 rings (SSSR count). The first kappa shape index (κ1) is 15.9. The fourth-order valence-corrected chi connectivity index (χ4v) is 3.26. The van der Waals surface area contributed by atoms with E-state index < -0.39 is 4.92 Å². The second-order valence-electron chi connectivity index (χ2n) is 5.18. The molecule has 0 aliphatic heterocycles. The van der Waals surface area contributed by atoms with Crippen LogP contribution in [0.25, 0.3) is 10.4 Å². The highest BCUT2D eigenvalue weighted by atomic mass is 32.1. The van der Waals surface area contributed by atoms with Crippen LogP contribution < -0.4 is 5.32 Å². The summed E-state index contributed by atoms with van der Waals surface area (Å²) in [6, 6.07) is 15.9. The van der Waals surface area contributed by atoms with Gasteiger partial charge in [0.15, 0.2) is 0 Å². The van der Waals surface area contributed by atoms with Crippen LogP contribution in [0, 0.1) is 17.0 Å². The molecule has 0 unspecified atom stereocenters. The van der Waals surface area contributed by atoms with Crippen molar-refractivity contribution in [2.24, 2.45) is 0 Å². The van der Waals surface area contributed by atoms with E-state index >= 15 is 0 Å². The number of thiophene rings is 1. The first-order valence-corrected chi connectivity index (χ1v) is 8.14. The Balaban J connectivity index is 1.95. The molecule has 0 bridgehead atoms. The maximum atomic E-state index is 12.6. The van der Waals surface area contributed by atoms with Crippen molar-refractivity contribution in [3.63, 3.8) is 0 Å². The summed E-state index contributed by atoms with van der Waals surface area (Å²) in [5, 5.41) is 15.9. The number of nitro groups is 1. The molecule has 24 heavy (non-hydrogen) atoms. The lowest BCUT2D eigenvalue weighted by molar-refractivity contribution is -0.385. The van der Waals surface area contributed by atoms with Gasteiger partial charge in [-0.15, -0.1) is 11.3 Å². The monoisotopic (exact) mass is 338 g/mol. The second-order valence-corrected chi connectivity index (χ2v) is 6.13. The molecule has 0 fully saturated rings. The molecule has 0 aliphatic rings. The third kappa shape index (κ3) is 3.04. The number of nitro benzene ring substituents is 1. The van der Waals surface area contributed by atoms with Crippen molar-refractivity contribution < 1.29 is 9.72 Å². The molecule has 5 nitrogen and oxygen atoms in total. The minimum atomic E-state index is -0.480. The average molecular weight is 338 g/mol. The van der Waals surface area contributed by atoms with Crippen LogP contribution >= 0.6 is 11.3 Å². The van der Waals surface area contributed by atoms with E-state index in [1.54, 1.807) is 24.3 Å². The van der Waals surface area contributed by atoms with Gasteiger partial charge >= 0.3 is 0 Å². The van der Waals surface area contributed by atoms with E-state index in [0.717, 1.165) is 10.4 Å². The van der Waals surface area contributed by atoms with Crippen LogP contribution in [0.4, 0.5) is 11.4 Å². The molecule has 6 heteroatoms. The molecule has 0 radical (unpaired) electrons. The number of nitrogens with zero attached hydrogens (tertiary/aromatic N) is 1. The largest absolute Gasteiger partial charge is 0.321 e. The molecule has 1 heterocycles. The third-order valence-corrected chi connectivity index (χ3v) is 4.61. The molecule has 1 aromatic heterocycles. The van der Waals surface area contributed by atoms with Gasteiger partial charge in [0, 0.05) is 33.3 Å². The van der Waals surface area contributed by atoms with Crippen molar-refractivity contribution in [3.05, 3.63) is 81.2 Å². The molecule has 1 amide bonds. The maximum absolute atomic E-state index is 12.6. The van der Waals surface area contributed by atoms with Crippen molar-refractivity contribution in [2.75, 3.05) is 5.32 Å². The molecule has 1 N–H and O–H groups in total. The van der Waals surface area contributed by atoms with Crippen LogP contribution in [-0.2, 0) is 0 Å². The minimum Gasteiger partial charge on any atom is -0.321 e. The molecule has 0 atom stereocenters. The Bertz CT molecular complexity index is 904. The van der Waals surface area contributed by atoms with Crippen molar-refractivity contribution in [2.45, 2.75) is 6.92 Å². The summed E-state index contributed by atoms with van der Waals surface area (Å²) in [6.07, 6.45) is 0. The summed E-state index contributed by atoms with van der Waals surface area (Å²) in [5.41, 5.74) is 2.19. The Morgan fingerprint density at radius 2 is 1.88 bits per heavy atom. The number of hydrogen-bond acceptors (Lipinski definition) is 4. The predicted octanol–water partition coefficient (Wildman–Crippen LogP) is 4.88. The van der Waals surface area contributed by atoms with E-state index in [0.29, 0.717) is 16.8 Å². The maximum Gasteiger partial charge on any atom is 0.273 e. The summed E-state index contributed by atoms with van der Waals surface area (Å²) >= 11 is 1.58. The summed E-state index contributed by atoms with van der Waals surface area (Å²) < 4.78 is 0. The lowest BCUT2D eigenvalue weighted by atomic mass is 10.1. The van der Waals surface area contributed by atoms with Gasteiger partial charge in [0.2, 0.25) is 0 Å². The standard InChI is InChI=1S/C18H14N2O3S/c1-12-13(7-4-9-16(12)20(22)23)18(21)19-15-8-3-2-6-14(15)17-10-5-11-24-17/h2-11H,1H3,(H,19,21). The van der Waals surface area contributed by atoms with Crippen molar-refractivity contribution >= 4 is 28.6 Å². The van der Waals surface area contributed by atoms with E-state index in [1.807, 2.05) is 41.8 Å². The van der Waals surface area contributed by atoms with Crippen LogP contribution in [-0.4, -0.2) is 10.8 Å². The summed E-state index contributed by atoms with van der Waals surface area (Å²) in [7, 11) is 0. The molecule has 3 aromatic rings. The van der Waals surface area contributed by atoms with E-state index in [4.69, 9.17) is 0 Å². The number of amides is 1. The van der Waals surface area contributed by atoms with Gasteiger partial charge in [0.05, 0.1) is 4.92 Å². The predicted molar refractivity (Wildman–Crippen MR) is 95.5 cm³/mol. The number of hydrogen-bond donors (Lipinski definition) is 1. The van der Waals surface area contributed by atoms with Crippen molar-refractivity contribution in [3.8, 4) is 10.4 Å². The summed E-state index contributed by atoms with van der Waals surface area (Å²) in [5.74, 6) is -0.361. The zero-order valence-corrected chi connectivity index (χ0v) is 13.7. The number of carbonyl (C=O) groups excluding carboxylic acids is 1. The minimum absolute atomic E-state index is 0.0609. The highest BCUT2D eigenvalue weighted by molar-refractivity contribution is 7.13. The first-order chi connectivity index (χ1) is 11.6. The van der Waals surface area contributed by atoms with Gasteiger partial charge < -0.3 is 5.32 Å². The number of carbonyl (C=O) groups is 1. The number of rotatable bonds is 4. The number of para-hydroxylation sites is 1. The SMILES string of the molecule is Cc1c(C(=O)Nc2ccccc2-c2cccs2)cccc1[N+](=O)[O-]. The van der Waals surface area contributed by atoms with Gasteiger partial charge in [0.25, 0.3) is 11.6 Å². The Labute approximate surface area is 142 Å². The van der Waals surface area contributed by atoms with E-state index in [2.05, 4.69) is 5.32 Å². The number of anilines is 1. The van der Waals surface area contributed by atoms with E-state index in [9.17, 15) is 14.9 Å². The van der Waals surface area contributed by atoms with Crippen LogP contribution in [0.2, 0.25) is 0 Å². The van der Waals surface area contributed by atoms with Crippen LogP contribution in [0.1, 0.15) is 15.9 Å². The zero-order valence-electron chi connectivity index (χ0n) is 12.9. The molecule has 0 saturated carbocycles. The lowest BCUT2D eigenvalue weighted by Crippen LogP contribution is -2.14. The number of nitrogens with one attached hydrogen (secondary N) is 1. The fraction of sp³-hybridized carbons (Fsp3) is 0.0556. The fourth-order valence-electron chi connectivity index (χ4n) is 2.50. The van der Waals surface area contributed by atoms with Crippen molar-refractivity contribution in [1.29, 1.82) is 0 Å². The normalized spacial score (nSPS) is 10.4. The molecule has 0 spiro atoms. The van der Waals surface area contributed by atoms with Crippen molar-refractivity contribution in [1.82, 2.24) is 0 Å². The molecular weight excluding hydrogens is 324 g/mol. The van der Waals surface area contributed by atoms with Gasteiger partial charge in [-0.25, -0.2) is 0 Å². The molecular formula is C18H14N2O3S. The first-order valence-electron chi connectivity index (χ1n) is 7.26. The Hall–Kier alpha value is -2.99. The van der Waals surface area contributed by atoms with Crippen LogP contribution in [0.15, 0.2) is 60.0 Å². The zero-order chi connectivity index (χ0) is 17.1. The highest BCUT2D eigenvalue weighted by Gasteiger charge is 2.18. The van der Waals surface area contributed by atoms with Gasteiger partial charge in [-0.3, -0.25) is 14.9 Å². The summed E-state index contributed by atoms with van der Waals surface area (Å²) in [6.45, 7) is 1.58. The van der Waals surface area contributed by atoms with E-state index in [-0.39, 0.29) is 11.6 Å². The van der Waals surface area contributed by atoms with Gasteiger partial charge in [0.1, 0.15) is 0 Å². The van der Waals surface area contributed by atoms with Gasteiger partial charge in [-0.1, -0.05) is 30.3 Å². The molecule has 120 valence electrons. The molecule has 2 aromatic carbocycles. The number of benzene rings is 2. The Kier molecular flexibility index (Phi) is 4.39. The van der Waals surface area contributed by atoms with E-state index in [1.165, 1.54) is 12.1 Å². The Morgan fingerprint density at radius 1 is 1.08 bits per heavy atom. The lowest BCUT2D eigenvalue weighted by Gasteiger charge is -2.11. The molecule has 0 saturated heterocycles. The average Bonchev–Trinajstić information content (AvgIpc) is 3.09. The highest BCUT2D eigenvalue weighted by Crippen LogP contribution is 2.32.